The van der Waals surface area contributed by atoms with E-state index < -0.39 is 11.9 Å². The van der Waals surface area contributed by atoms with Crippen LogP contribution in [0.4, 0.5) is 5.69 Å². The predicted octanol–water partition coefficient (Wildman–Crippen LogP) is 3.46. The van der Waals surface area contributed by atoms with Gasteiger partial charge in [0.25, 0.3) is 5.91 Å². The van der Waals surface area contributed by atoms with Crippen LogP contribution in [0.5, 0.6) is 0 Å². The Kier molecular flexibility index (Phi) is 4.24. The molecule has 1 aromatic carbocycles. The Bertz CT molecular complexity index is 697. The van der Waals surface area contributed by atoms with Crippen molar-refractivity contribution in [2.75, 3.05) is 5.32 Å². The van der Waals surface area contributed by atoms with E-state index in [4.69, 9.17) is 4.52 Å². The first kappa shape index (κ1) is 14.7. The zero-order valence-electron chi connectivity index (χ0n) is 10.1. The van der Waals surface area contributed by atoms with Gasteiger partial charge in [0.05, 0.1) is 11.3 Å². The number of hydrogen-bond acceptors (Lipinski definition) is 4. The zero-order valence-corrected chi connectivity index (χ0v) is 13.3. The van der Waals surface area contributed by atoms with E-state index in [9.17, 15) is 14.7 Å². The molecule has 20 heavy (non-hydrogen) atoms. The molecule has 1 amide bonds. The minimum atomic E-state index is -1.15. The third-order valence-electron chi connectivity index (χ3n) is 2.38. The zero-order chi connectivity index (χ0) is 14.9. The number of hydrogen-bond donors (Lipinski definition) is 2. The van der Waals surface area contributed by atoms with Crippen LogP contribution in [0.1, 0.15) is 26.6 Å². The average Bonchev–Trinajstić information content (AvgIpc) is 2.78. The molecule has 0 saturated heterocycles. The van der Waals surface area contributed by atoms with E-state index in [0.29, 0.717) is 14.7 Å². The number of rotatable bonds is 3. The summed E-state index contributed by atoms with van der Waals surface area (Å²) in [5.41, 5.74) is 0.194. The summed E-state index contributed by atoms with van der Waals surface area (Å²) in [5, 5.41) is 15.3. The van der Waals surface area contributed by atoms with Gasteiger partial charge >= 0.3 is 5.97 Å². The molecule has 6 nitrogen and oxygen atoms in total. The molecule has 104 valence electrons. The lowest BCUT2D eigenvalue weighted by Crippen LogP contribution is -2.15. The van der Waals surface area contributed by atoms with Crippen molar-refractivity contribution < 1.29 is 19.2 Å². The Morgan fingerprint density at radius 2 is 2.00 bits per heavy atom. The smallest absolute Gasteiger partial charge is 0.337 e. The second-order valence-electron chi connectivity index (χ2n) is 3.89. The molecule has 0 aliphatic heterocycles. The molecule has 0 unspecified atom stereocenters. The van der Waals surface area contributed by atoms with E-state index in [-0.39, 0.29) is 16.9 Å². The maximum atomic E-state index is 12.0. The maximum absolute atomic E-state index is 12.0. The third-order valence-corrected chi connectivity index (χ3v) is 3.47. The molecular formula is C12H8Br2N2O4. The fraction of sp³-hybridized carbons (Fsp3) is 0.0833. The summed E-state index contributed by atoms with van der Waals surface area (Å²) in [6.07, 6.45) is 0. The summed E-state index contributed by atoms with van der Waals surface area (Å²) in [5.74, 6) is -1.21. The van der Waals surface area contributed by atoms with Crippen molar-refractivity contribution in [1.29, 1.82) is 0 Å². The fourth-order valence-electron chi connectivity index (χ4n) is 1.52. The molecule has 0 radical (unpaired) electrons. The molecule has 2 N–H and O–H groups in total. The third kappa shape index (κ3) is 3.07. The number of aromatic carboxylic acids is 1. The highest BCUT2D eigenvalue weighted by atomic mass is 79.9. The van der Waals surface area contributed by atoms with E-state index in [0.717, 1.165) is 0 Å². The Balaban J connectivity index is 2.38. The molecule has 0 bridgehead atoms. The van der Waals surface area contributed by atoms with Crippen molar-refractivity contribution in [1.82, 2.24) is 5.16 Å². The largest absolute Gasteiger partial charge is 0.478 e. The summed E-state index contributed by atoms with van der Waals surface area (Å²) in [4.78, 5) is 23.2. The second-order valence-corrected chi connectivity index (χ2v) is 5.66. The van der Waals surface area contributed by atoms with Gasteiger partial charge in [0, 0.05) is 15.0 Å². The van der Waals surface area contributed by atoms with Crippen LogP contribution in [0.25, 0.3) is 0 Å². The van der Waals surface area contributed by atoms with Crippen molar-refractivity contribution >= 4 is 49.4 Å². The molecule has 0 spiro atoms. The van der Waals surface area contributed by atoms with Crippen LogP contribution in [-0.2, 0) is 0 Å². The lowest BCUT2D eigenvalue weighted by Gasteiger charge is -2.10. The van der Waals surface area contributed by atoms with E-state index >= 15 is 0 Å². The number of halogens is 2. The van der Waals surface area contributed by atoms with E-state index in [1.807, 2.05) is 0 Å². The van der Waals surface area contributed by atoms with Crippen LogP contribution < -0.4 is 5.32 Å². The van der Waals surface area contributed by atoms with Gasteiger partial charge in [-0.3, -0.25) is 4.79 Å². The molecule has 0 aliphatic carbocycles. The number of carbonyl (C=O) groups is 2. The maximum Gasteiger partial charge on any atom is 0.337 e. The van der Waals surface area contributed by atoms with Crippen LogP contribution >= 0.6 is 31.9 Å². The van der Waals surface area contributed by atoms with Gasteiger partial charge in [0.2, 0.25) is 0 Å². The molecule has 1 aromatic heterocycles. The summed E-state index contributed by atoms with van der Waals surface area (Å²) in [7, 11) is 0. The monoisotopic (exact) mass is 402 g/mol. The van der Waals surface area contributed by atoms with Gasteiger partial charge in [-0.15, -0.1) is 0 Å². The van der Waals surface area contributed by atoms with E-state index in [2.05, 4.69) is 42.3 Å². The van der Waals surface area contributed by atoms with Crippen molar-refractivity contribution in [2.24, 2.45) is 0 Å². The van der Waals surface area contributed by atoms with Crippen molar-refractivity contribution in [3.63, 3.8) is 0 Å². The van der Waals surface area contributed by atoms with Gasteiger partial charge in [0.1, 0.15) is 5.76 Å². The highest BCUT2D eigenvalue weighted by Gasteiger charge is 2.19. The SMILES string of the molecule is Cc1cc(C(=O)Nc2c(Br)cc(Br)cc2C(=O)O)no1. The van der Waals surface area contributed by atoms with Crippen molar-refractivity contribution in [3.05, 3.63) is 44.2 Å². The number of carboxylic acids is 1. The number of amides is 1. The lowest BCUT2D eigenvalue weighted by atomic mass is 10.1. The number of carbonyl (C=O) groups excluding carboxylic acids is 1. The summed E-state index contributed by atoms with van der Waals surface area (Å²) in [6, 6.07) is 4.50. The number of nitrogens with one attached hydrogen (secondary N) is 1. The number of nitrogens with zero attached hydrogens (tertiary/aromatic N) is 1. The molecule has 0 fully saturated rings. The van der Waals surface area contributed by atoms with Gasteiger partial charge < -0.3 is 14.9 Å². The van der Waals surface area contributed by atoms with Gasteiger partial charge in [0.15, 0.2) is 5.69 Å². The molecule has 0 atom stereocenters. The van der Waals surface area contributed by atoms with Crippen LogP contribution in [-0.4, -0.2) is 22.1 Å². The summed E-state index contributed by atoms with van der Waals surface area (Å²) >= 11 is 6.42. The number of benzene rings is 1. The Morgan fingerprint density at radius 3 is 2.55 bits per heavy atom. The molecule has 0 saturated carbocycles. The predicted molar refractivity (Wildman–Crippen MR) is 78.0 cm³/mol. The van der Waals surface area contributed by atoms with E-state index in [1.165, 1.54) is 12.1 Å². The fourth-order valence-corrected chi connectivity index (χ4v) is 2.84. The Hall–Kier alpha value is -1.67. The van der Waals surface area contributed by atoms with Gasteiger partial charge in [-0.2, -0.15) is 0 Å². The minimum Gasteiger partial charge on any atom is -0.478 e. The van der Waals surface area contributed by atoms with Crippen molar-refractivity contribution in [2.45, 2.75) is 6.92 Å². The Morgan fingerprint density at radius 1 is 1.30 bits per heavy atom. The standard InChI is InChI=1S/C12H8Br2N2O4/c1-5-2-9(16-20-5)11(17)15-10-7(12(18)19)3-6(13)4-8(10)14/h2-4H,1H3,(H,15,17)(H,18,19). The van der Waals surface area contributed by atoms with Crippen LogP contribution in [0.3, 0.4) is 0 Å². The van der Waals surface area contributed by atoms with Crippen molar-refractivity contribution in [3.8, 4) is 0 Å². The first-order chi connectivity index (χ1) is 9.38. The normalized spacial score (nSPS) is 10.3. The number of aryl methyl sites for hydroxylation is 1. The summed E-state index contributed by atoms with van der Waals surface area (Å²) in [6.45, 7) is 1.65. The van der Waals surface area contributed by atoms with Crippen LogP contribution in [0.2, 0.25) is 0 Å². The topological polar surface area (TPSA) is 92.4 Å². The molecular weight excluding hydrogens is 396 g/mol. The van der Waals surface area contributed by atoms with Gasteiger partial charge in [-0.1, -0.05) is 21.1 Å². The number of carboxylic acid groups (broad SMARTS) is 1. The average molecular weight is 404 g/mol. The highest BCUT2D eigenvalue weighted by Crippen LogP contribution is 2.31. The second kappa shape index (κ2) is 5.76. The quantitative estimate of drug-likeness (QED) is 0.818. The molecule has 2 rings (SSSR count). The number of aromatic nitrogens is 1. The summed E-state index contributed by atoms with van der Waals surface area (Å²) < 4.78 is 5.83. The number of anilines is 1. The van der Waals surface area contributed by atoms with Crippen LogP contribution in [0.15, 0.2) is 31.7 Å². The molecule has 8 heteroatoms. The molecule has 2 aromatic rings. The molecule has 1 heterocycles. The highest BCUT2D eigenvalue weighted by molar-refractivity contribution is 9.11. The van der Waals surface area contributed by atoms with E-state index in [1.54, 1.807) is 13.0 Å². The van der Waals surface area contributed by atoms with Crippen LogP contribution in [0, 0.1) is 6.92 Å². The Labute approximate surface area is 130 Å². The van der Waals surface area contributed by atoms with Gasteiger partial charge in [-0.25, -0.2) is 4.79 Å². The van der Waals surface area contributed by atoms with Gasteiger partial charge in [-0.05, 0) is 35.0 Å². The lowest BCUT2D eigenvalue weighted by molar-refractivity contribution is 0.0698. The first-order valence-electron chi connectivity index (χ1n) is 5.35. The first-order valence-corrected chi connectivity index (χ1v) is 6.94. The molecule has 0 aliphatic rings. The minimum absolute atomic E-state index is 0.0418.